The molecule has 0 radical (unpaired) electrons. The third-order valence-corrected chi connectivity index (χ3v) is 8.65. The molecular formula is C29H45ClN6O2. The number of anilines is 2. The van der Waals surface area contributed by atoms with Gasteiger partial charge in [0.1, 0.15) is 5.82 Å². The van der Waals surface area contributed by atoms with Crippen molar-refractivity contribution in [3.8, 4) is 5.88 Å². The van der Waals surface area contributed by atoms with E-state index in [0.29, 0.717) is 35.1 Å². The Hall–Kier alpha value is -2.45. The number of hydrogen-bond acceptors (Lipinski definition) is 6. The molecule has 1 aliphatic carbocycles. The van der Waals surface area contributed by atoms with Crippen molar-refractivity contribution in [2.45, 2.75) is 77.4 Å². The zero-order chi connectivity index (χ0) is 27.4. The molecule has 1 amide bonds. The van der Waals surface area contributed by atoms with Crippen LogP contribution in [0.15, 0.2) is 12.1 Å². The van der Waals surface area contributed by atoms with Gasteiger partial charge >= 0.3 is 0 Å². The van der Waals surface area contributed by atoms with E-state index in [1.807, 2.05) is 24.7 Å². The number of halogens is 1. The number of piperidine rings is 1. The Labute approximate surface area is 233 Å². The van der Waals surface area contributed by atoms with Crippen LogP contribution in [-0.4, -0.2) is 73.5 Å². The molecule has 0 bridgehead atoms. The van der Waals surface area contributed by atoms with E-state index < -0.39 is 0 Å². The van der Waals surface area contributed by atoms with Crippen molar-refractivity contribution in [2.24, 2.45) is 7.05 Å². The van der Waals surface area contributed by atoms with Crippen LogP contribution in [0.25, 0.3) is 0 Å². The Morgan fingerprint density at radius 1 is 1.13 bits per heavy atom. The Morgan fingerprint density at radius 2 is 1.79 bits per heavy atom. The van der Waals surface area contributed by atoms with Crippen LogP contribution in [-0.2, 0) is 13.6 Å². The molecule has 1 aliphatic heterocycles. The minimum absolute atomic E-state index is 0.130. The molecule has 9 heteroatoms. The first-order chi connectivity index (χ1) is 18.2. The predicted molar refractivity (Wildman–Crippen MR) is 156 cm³/mol. The summed E-state index contributed by atoms with van der Waals surface area (Å²) in [6.07, 6.45) is 8.23. The summed E-state index contributed by atoms with van der Waals surface area (Å²) in [4.78, 5) is 20.7. The number of ether oxygens (including phenoxy) is 1. The highest BCUT2D eigenvalue weighted by molar-refractivity contribution is 6.31. The smallest absolute Gasteiger partial charge is 0.251 e. The van der Waals surface area contributed by atoms with Crippen molar-refractivity contribution in [2.75, 3.05) is 50.6 Å². The molecule has 1 aromatic heterocycles. The highest BCUT2D eigenvalue weighted by Crippen LogP contribution is 2.35. The first kappa shape index (κ1) is 28.6. The lowest BCUT2D eigenvalue weighted by atomic mass is 9.89. The molecule has 2 fully saturated rings. The largest absolute Gasteiger partial charge is 0.480 e. The summed E-state index contributed by atoms with van der Waals surface area (Å²) in [6.45, 7) is 7.43. The van der Waals surface area contributed by atoms with E-state index in [1.54, 1.807) is 13.2 Å². The van der Waals surface area contributed by atoms with Gasteiger partial charge in [-0.15, -0.1) is 5.10 Å². The monoisotopic (exact) mass is 544 g/mol. The van der Waals surface area contributed by atoms with Gasteiger partial charge in [0, 0.05) is 55.0 Å². The first-order valence-electron chi connectivity index (χ1n) is 14.1. The van der Waals surface area contributed by atoms with Crippen LogP contribution < -0.4 is 19.9 Å². The average Bonchev–Trinajstić information content (AvgIpc) is 3.25. The van der Waals surface area contributed by atoms with Gasteiger partial charge in [-0.1, -0.05) is 11.6 Å². The molecule has 1 saturated carbocycles. The Bertz CT molecular complexity index is 1100. The van der Waals surface area contributed by atoms with E-state index in [9.17, 15) is 4.79 Å². The van der Waals surface area contributed by atoms with Crippen LogP contribution in [0, 0.1) is 6.92 Å². The van der Waals surface area contributed by atoms with Crippen molar-refractivity contribution in [3.63, 3.8) is 0 Å². The van der Waals surface area contributed by atoms with E-state index in [-0.39, 0.29) is 5.91 Å². The molecule has 0 unspecified atom stereocenters. The maximum atomic E-state index is 13.6. The number of nitrogens with one attached hydrogen (secondary N) is 1. The molecular weight excluding hydrogens is 500 g/mol. The van der Waals surface area contributed by atoms with Crippen molar-refractivity contribution in [3.05, 3.63) is 33.8 Å². The number of rotatable bonds is 9. The van der Waals surface area contributed by atoms with Crippen LogP contribution in [0.3, 0.4) is 0 Å². The van der Waals surface area contributed by atoms with Gasteiger partial charge in [0.05, 0.1) is 19.2 Å². The maximum Gasteiger partial charge on any atom is 0.251 e. The molecule has 2 aliphatic rings. The summed E-state index contributed by atoms with van der Waals surface area (Å²) in [7, 11) is 7.92. The fourth-order valence-corrected chi connectivity index (χ4v) is 6.54. The molecule has 1 N–H and O–H groups in total. The fourth-order valence-electron chi connectivity index (χ4n) is 6.33. The minimum atomic E-state index is -0.130. The van der Waals surface area contributed by atoms with Crippen LogP contribution in [0.5, 0.6) is 5.88 Å². The first-order valence-corrected chi connectivity index (χ1v) is 14.5. The van der Waals surface area contributed by atoms with Crippen molar-refractivity contribution in [1.29, 1.82) is 0 Å². The number of amides is 1. The molecule has 210 valence electrons. The number of aromatic nitrogens is 2. The highest BCUT2D eigenvalue weighted by Gasteiger charge is 2.29. The minimum Gasteiger partial charge on any atom is -0.480 e. The Morgan fingerprint density at radius 3 is 2.39 bits per heavy atom. The summed E-state index contributed by atoms with van der Waals surface area (Å²) >= 11 is 6.61. The van der Waals surface area contributed by atoms with Gasteiger partial charge in [0.25, 0.3) is 5.91 Å². The van der Waals surface area contributed by atoms with Gasteiger partial charge in [-0.05, 0) is 90.6 Å². The molecule has 8 nitrogen and oxygen atoms in total. The summed E-state index contributed by atoms with van der Waals surface area (Å²) in [5.41, 5.74) is 3.57. The fraction of sp³-hybridized carbons (Fsp3) is 0.655. The van der Waals surface area contributed by atoms with Gasteiger partial charge in [0.2, 0.25) is 5.88 Å². The lowest BCUT2D eigenvalue weighted by Gasteiger charge is -2.40. The molecule has 2 aromatic rings. The second kappa shape index (κ2) is 12.6. The molecule has 4 rings (SSSR count). The quantitative estimate of drug-likeness (QED) is 0.479. The highest BCUT2D eigenvalue weighted by atomic mass is 35.5. The third kappa shape index (κ3) is 6.07. The van der Waals surface area contributed by atoms with Crippen LogP contribution in [0.1, 0.15) is 73.4 Å². The number of benzene rings is 1. The molecule has 0 spiro atoms. The molecule has 1 aromatic carbocycles. The zero-order valence-electron chi connectivity index (χ0n) is 24.0. The van der Waals surface area contributed by atoms with Gasteiger partial charge in [-0.2, -0.15) is 0 Å². The number of hydrogen-bond donors (Lipinski definition) is 1. The van der Waals surface area contributed by atoms with Crippen molar-refractivity contribution >= 4 is 29.0 Å². The van der Waals surface area contributed by atoms with E-state index in [1.165, 1.54) is 19.3 Å². The lowest BCUT2D eigenvalue weighted by Crippen LogP contribution is -2.42. The van der Waals surface area contributed by atoms with Crippen molar-refractivity contribution in [1.82, 2.24) is 20.0 Å². The lowest BCUT2D eigenvalue weighted by molar-refractivity contribution is 0.0950. The second-order valence-electron chi connectivity index (χ2n) is 11.0. The topological polar surface area (TPSA) is 65.9 Å². The summed E-state index contributed by atoms with van der Waals surface area (Å²) in [5.74, 6) is 1.45. The standard InChI is InChI=1S/C29H45ClN6O2/c1-7-36(23-13-11-22(12-14-23)33(3)4)26-18-21(30)17-24(20(26)2)27(37)31-19-25-28(38-6)32-34(5)29(25)35-15-9-8-10-16-35/h17-18,22-23H,7-16,19H2,1-6H3,(H,31,37). The number of carbonyl (C=O) groups excluding carboxylic acids is 1. The van der Waals surface area contributed by atoms with E-state index in [0.717, 1.165) is 67.9 Å². The molecule has 1 saturated heterocycles. The van der Waals surface area contributed by atoms with Gasteiger partial charge in [-0.3, -0.25) is 4.79 Å². The van der Waals surface area contributed by atoms with Crippen LogP contribution in [0.2, 0.25) is 5.02 Å². The number of carbonyl (C=O) groups is 1. The summed E-state index contributed by atoms with van der Waals surface area (Å²) in [6, 6.07) is 4.91. The Kier molecular flexibility index (Phi) is 9.47. The predicted octanol–water partition coefficient (Wildman–Crippen LogP) is 5.01. The SMILES string of the molecule is CCN(c1cc(Cl)cc(C(=O)NCc2c(OC)nn(C)c2N2CCCCC2)c1C)C1CCC(N(C)C)CC1. The van der Waals surface area contributed by atoms with Crippen LogP contribution >= 0.6 is 11.6 Å². The van der Waals surface area contributed by atoms with Gasteiger partial charge in [0.15, 0.2) is 0 Å². The maximum absolute atomic E-state index is 13.6. The Balaban J connectivity index is 1.54. The molecule has 38 heavy (non-hydrogen) atoms. The number of nitrogens with zero attached hydrogens (tertiary/aromatic N) is 5. The van der Waals surface area contributed by atoms with Crippen LogP contribution in [0.4, 0.5) is 11.5 Å². The van der Waals surface area contributed by atoms with Gasteiger partial charge in [-0.25, -0.2) is 4.68 Å². The zero-order valence-corrected chi connectivity index (χ0v) is 24.8. The second-order valence-corrected chi connectivity index (χ2v) is 11.4. The normalized spacial score (nSPS) is 20.1. The summed E-state index contributed by atoms with van der Waals surface area (Å²) in [5, 5.41) is 8.31. The van der Waals surface area contributed by atoms with Gasteiger partial charge < -0.3 is 24.8 Å². The van der Waals surface area contributed by atoms with E-state index >= 15 is 0 Å². The third-order valence-electron chi connectivity index (χ3n) is 8.43. The molecule has 0 atom stereocenters. The molecule has 2 heterocycles. The number of aryl methyl sites for hydroxylation is 1. The van der Waals surface area contributed by atoms with E-state index in [2.05, 4.69) is 46.1 Å². The van der Waals surface area contributed by atoms with E-state index in [4.69, 9.17) is 16.3 Å². The van der Waals surface area contributed by atoms with Crippen molar-refractivity contribution < 1.29 is 9.53 Å². The average molecular weight is 545 g/mol. The summed E-state index contributed by atoms with van der Waals surface area (Å²) < 4.78 is 7.47. The number of methoxy groups -OCH3 is 1.